The van der Waals surface area contributed by atoms with E-state index in [2.05, 4.69) is 5.32 Å². The predicted molar refractivity (Wildman–Crippen MR) is 80.0 cm³/mol. The molecule has 1 saturated heterocycles. The van der Waals surface area contributed by atoms with Crippen molar-refractivity contribution in [2.75, 3.05) is 26.7 Å². The second kappa shape index (κ2) is 7.29. The monoisotopic (exact) mass is 276 g/mol. The molecule has 1 atom stereocenters. The fourth-order valence-corrected chi connectivity index (χ4v) is 2.60. The Kier molecular flexibility index (Phi) is 5.41. The van der Waals surface area contributed by atoms with Gasteiger partial charge in [0.05, 0.1) is 13.0 Å². The van der Waals surface area contributed by atoms with E-state index in [1.54, 1.807) is 0 Å². The Labute approximate surface area is 121 Å². The number of carbonyl (C=O) groups excluding carboxylic acids is 1. The number of likely N-dealkylation sites (tertiary alicyclic amines) is 1. The lowest BCUT2D eigenvalue weighted by Gasteiger charge is -2.32. The zero-order valence-corrected chi connectivity index (χ0v) is 12.4. The molecule has 0 spiro atoms. The number of likely N-dealkylation sites (N-methyl/N-ethyl adjacent to an activating group) is 1. The molecular weight excluding hydrogens is 252 g/mol. The van der Waals surface area contributed by atoms with Gasteiger partial charge in [-0.1, -0.05) is 12.1 Å². The second-order valence-electron chi connectivity index (χ2n) is 5.22. The second-order valence-corrected chi connectivity index (χ2v) is 5.22. The van der Waals surface area contributed by atoms with Gasteiger partial charge in [0.1, 0.15) is 5.75 Å². The minimum atomic E-state index is 0.217. The van der Waals surface area contributed by atoms with Gasteiger partial charge >= 0.3 is 0 Å². The van der Waals surface area contributed by atoms with Crippen LogP contribution in [-0.2, 0) is 11.2 Å². The standard InChI is InChI=1S/C16H24N2O2/c1-3-20-15-8-6-13(7-9-15)11-16(19)18-10-4-5-14(12-18)17-2/h6-9,14,17H,3-5,10-12H2,1-2H3. The number of hydrogen-bond acceptors (Lipinski definition) is 3. The summed E-state index contributed by atoms with van der Waals surface area (Å²) in [5, 5.41) is 3.26. The van der Waals surface area contributed by atoms with Crippen LogP contribution in [0.15, 0.2) is 24.3 Å². The number of nitrogens with zero attached hydrogens (tertiary/aromatic N) is 1. The lowest BCUT2D eigenvalue weighted by molar-refractivity contribution is -0.131. The van der Waals surface area contributed by atoms with Crippen LogP contribution in [0.3, 0.4) is 0 Å². The van der Waals surface area contributed by atoms with E-state index in [9.17, 15) is 4.79 Å². The Morgan fingerprint density at radius 3 is 2.80 bits per heavy atom. The molecule has 1 N–H and O–H groups in total. The van der Waals surface area contributed by atoms with Gasteiger partial charge in [-0.2, -0.15) is 0 Å². The first-order valence-electron chi connectivity index (χ1n) is 7.39. The van der Waals surface area contributed by atoms with Gasteiger partial charge in [0.2, 0.25) is 5.91 Å². The van der Waals surface area contributed by atoms with E-state index < -0.39 is 0 Å². The summed E-state index contributed by atoms with van der Waals surface area (Å²) in [6, 6.07) is 8.25. The Bertz CT molecular complexity index is 431. The highest BCUT2D eigenvalue weighted by molar-refractivity contribution is 5.79. The molecule has 1 aromatic carbocycles. The lowest BCUT2D eigenvalue weighted by atomic mass is 10.0. The van der Waals surface area contributed by atoms with Gasteiger partial charge in [0, 0.05) is 19.1 Å². The molecule has 0 radical (unpaired) electrons. The van der Waals surface area contributed by atoms with E-state index in [1.807, 2.05) is 43.1 Å². The van der Waals surface area contributed by atoms with Crippen LogP contribution in [0, 0.1) is 0 Å². The molecule has 1 aliphatic heterocycles. The summed E-state index contributed by atoms with van der Waals surface area (Å²) >= 11 is 0. The molecule has 0 aliphatic carbocycles. The molecule has 1 heterocycles. The molecule has 110 valence electrons. The Morgan fingerprint density at radius 2 is 2.15 bits per heavy atom. The maximum atomic E-state index is 12.3. The fourth-order valence-electron chi connectivity index (χ4n) is 2.60. The van der Waals surface area contributed by atoms with Crippen molar-refractivity contribution >= 4 is 5.91 Å². The van der Waals surface area contributed by atoms with E-state index in [4.69, 9.17) is 4.74 Å². The number of rotatable bonds is 5. The highest BCUT2D eigenvalue weighted by atomic mass is 16.5. The van der Waals surface area contributed by atoms with E-state index in [1.165, 1.54) is 0 Å². The first-order chi connectivity index (χ1) is 9.72. The molecule has 0 saturated carbocycles. The minimum Gasteiger partial charge on any atom is -0.494 e. The zero-order valence-electron chi connectivity index (χ0n) is 12.4. The van der Waals surface area contributed by atoms with Crippen molar-refractivity contribution in [3.63, 3.8) is 0 Å². The van der Waals surface area contributed by atoms with Crippen molar-refractivity contribution in [2.45, 2.75) is 32.2 Å². The maximum Gasteiger partial charge on any atom is 0.227 e. The molecule has 0 bridgehead atoms. The van der Waals surface area contributed by atoms with E-state index >= 15 is 0 Å². The molecule has 1 amide bonds. The van der Waals surface area contributed by atoms with Crippen molar-refractivity contribution in [1.82, 2.24) is 10.2 Å². The van der Waals surface area contributed by atoms with Gasteiger partial charge in [-0.05, 0) is 44.5 Å². The van der Waals surface area contributed by atoms with Crippen LogP contribution >= 0.6 is 0 Å². The van der Waals surface area contributed by atoms with Crippen LogP contribution in [-0.4, -0.2) is 43.6 Å². The van der Waals surface area contributed by atoms with Crippen molar-refractivity contribution in [3.05, 3.63) is 29.8 Å². The topological polar surface area (TPSA) is 41.6 Å². The van der Waals surface area contributed by atoms with Gasteiger partial charge in [-0.3, -0.25) is 4.79 Å². The normalized spacial score (nSPS) is 18.9. The van der Waals surface area contributed by atoms with Crippen LogP contribution in [0.25, 0.3) is 0 Å². The molecule has 4 heteroatoms. The van der Waals surface area contributed by atoms with Crippen LogP contribution in [0.4, 0.5) is 0 Å². The van der Waals surface area contributed by atoms with Gasteiger partial charge in [-0.25, -0.2) is 0 Å². The highest BCUT2D eigenvalue weighted by Gasteiger charge is 2.22. The van der Waals surface area contributed by atoms with Crippen molar-refractivity contribution in [1.29, 1.82) is 0 Å². The van der Waals surface area contributed by atoms with Gasteiger partial charge in [-0.15, -0.1) is 0 Å². The molecule has 20 heavy (non-hydrogen) atoms. The summed E-state index contributed by atoms with van der Waals surface area (Å²) in [7, 11) is 1.96. The summed E-state index contributed by atoms with van der Waals surface area (Å²) < 4.78 is 5.41. The lowest BCUT2D eigenvalue weighted by Crippen LogP contribution is -2.47. The predicted octanol–water partition coefficient (Wildman–Crippen LogP) is 1.84. The Balaban J connectivity index is 1.90. The fraction of sp³-hybridized carbons (Fsp3) is 0.562. The van der Waals surface area contributed by atoms with E-state index in [0.29, 0.717) is 19.1 Å². The molecule has 1 aromatic rings. The summed E-state index contributed by atoms with van der Waals surface area (Å²) in [4.78, 5) is 14.3. The number of nitrogens with one attached hydrogen (secondary N) is 1. The van der Waals surface area contributed by atoms with Crippen molar-refractivity contribution in [2.24, 2.45) is 0 Å². The Morgan fingerprint density at radius 1 is 1.40 bits per heavy atom. The van der Waals surface area contributed by atoms with Crippen molar-refractivity contribution < 1.29 is 9.53 Å². The summed E-state index contributed by atoms with van der Waals surface area (Å²) in [6.45, 7) is 4.34. The molecule has 1 unspecified atom stereocenters. The third-order valence-electron chi connectivity index (χ3n) is 3.77. The molecule has 0 aromatic heterocycles. The summed E-state index contributed by atoms with van der Waals surface area (Å²) in [6.07, 6.45) is 2.71. The van der Waals surface area contributed by atoms with Gasteiger partial charge < -0.3 is 15.0 Å². The summed E-state index contributed by atoms with van der Waals surface area (Å²) in [5.74, 6) is 1.08. The molecule has 1 aliphatic rings. The van der Waals surface area contributed by atoms with Crippen LogP contribution in [0.2, 0.25) is 0 Å². The van der Waals surface area contributed by atoms with Crippen LogP contribution in [0.1, 0.15) is 25.3 Å². The SMILES string of the molecule is CCOc1ccc(CC(=O)N2CCCC(NC)C2)cc1. The maximum absolute atomic E-state index is 12.3. The van der Waals surface area contributed by atoms with Gasteiger partial charge in [0.15, 0.2) is 0 Å². The summed E-state index contributed by atoms with van der Waals surface area (Å²) in [5.41, 5.74) is 1.05. The van der Waals surface area contributed by atoms with Crippen molar-refractivity contribution in [3.8, 4) is 5.75 Å². The average molecular weight is 276 g/mol. The number of carbonyl (C=O) groups is 1. The third-order valence-corrected chi connectivity index (χ3v) is 3.77. The number of hydrogen-bond donors (Lipinski definition) is 1. The molecule has 1 fully saturated rings. The molecule has 4 nitrogen and oxygen atoms in total. The van der Waals surface area contributed by atoms with Gasteiger partial charge in [0.25, 0.3) is 0 Å². The molecular formula is C16H24N2O2. The smallest absolute Gasteiger partial charge is 0.227 e. The largest absolute Gasteiger partial charge is 0.494 e. The van der Waals surface area contributed by atoms with E-state index in [-0.39, 0.29) is 5.91 Å². The number of piperidine rings is 1. The first kappa shape index (κ1) is 14.9. The van der Waals surface area contributed by atoms with E-state index in [0.717, 1.165) is 37.2 Å². The minimum absolute atomic E-state index is 0.217. The zero-order chi connectivity index (χ0) is 14.4. The quantitative estimate of drug-likeness (QED) is 0.892. The highest BCUT2D eigenvalue weighted by Crippen LogP contribution is 2.15. The first-order valence-corrected chi connectivity index (χ1v) is 7.39. The molecule has 2 rings (SSSR count). The number of amides is 1. The number of benzene rings is 1. The van der Waals surface area contributed by atoms with Crippen LogP contribution in [0.5, 0.6) is 5.75 Å². The number of ether oxygens (including phenoxy) is 1. The Hall–Kier alpha value is -1.55. The third kappa shape index (κ3) is 3.97. The van der Waals surface area contributed by atoms with Crippen LogP contribution < -0.4 is 10.1 Å². The average Bonchev–Trinajstić information content (AvgIpc) is 2.49.